The summed E-state index contributed by atoms with van der Waals surface area (Å²) in [5.74, 6) is -1.06. The van der Waals surface area contributed by atoms with Crippen LogP contribution in [0.15, 0.2) is 75.8 Å². The third kappa shape index (κ3) is 5.04. The summed E-state index contributed by atoms with van der Waals surface area (Å²) in [6.07, 6.45) is 1.45. The standard InChI is InChI=1S/C26H14BrClN2O6S/c1-13-2-4-14(5-3-13)25(31)35-20-9-6-16(27)10-15(20)11-19-26(32)36-24(29-19)23-22(28)18-8-7-17(30(33)34)12-21(18)37-23/h2-12H,1H3/b19-11+. The molecular weight excluding hydrogens is 584 g/mol. The van der Waals surface area contributed by atoms with Crippen LogP contribution in [0.5, 0.6) is 5.75 Å². The molecule has 184 valence electrons. The molecule has 0 spiro atoms. The normalized spacial score (nSPS) is 14.1. The lowest BCUT2D eigenvalue weighted by atomic mass is 10.1. The highest BCUT2D eigenvalue weighted by molar-refractivity contribution is 9.10. The van der Waals surface area contributed by atoms with Crippen LogP contribution in [0.4, 0.5) is 5.69 Å². The minimum atomic E-state index is -0.717. The number of benzene rings is 3. The van der Waals surface area contributed by atoms with E-state index in [0.29, 0.717) is 30.6 Å². The number of nitrogens with zero attached hydrogens (tertiary/aromatic N) is 2. The third-order valence-electron chi connectivity index (χ3n) is 5.39. The zero-order chi connectivity index (χ0) is 26.3. The second-order valence-electron chi connectivity index (χ2n) is 7.96. The highest BCUT2D eigenvalue weighted by Crippen LogP contribution is 2.39. The first-order valence-corrected chi connectivity index (χ1v) is 12.7. The van der Waals surface area contributed by atoms with Gasteiger partial charge < -0.3 is 9.47 Å². The van der Waals surface area contributed by atoms with Crippen molar-refractivity contribution in [1.29, 1.82) is 0 Å². The highest BCUT2D eigenvalue weighted by Gasteiger charge is 2.29. The number of carbonyl (C=O) groups excluding carboxylic acids is 2. The summed E-state index contributed by atoms with van der Waals surface area (Å²) in [5, 5.41) is 12.0. The van der Waals surface area contributed by atoms with E-state index in [4.69, 9.17) is 21.1 Å². The van der Waals surface area contributed by atoms with E-state index in [1.165, 1.54) is 18.2 Å². The summed E-state index contributed by atoms with van der Waals surface area (Å²) in [7, 11) is 0. The Labute approximate surface area is 227 Å². The van der Waals surface area contributed by atoms with Crippen LogP contribution >= 0.6 is 38.9 Å². The van der Waals surface area contributed by atoms with Crippen LogP contribution in [0.25, 0.3) is 16.2 Å². The smallest absolute Gasteiger partial charge is 0.363 e. The Morgan fingerprint density at radius 1 is 1.16 bits per heavy atom. The number of non-ortho nitro benzene ring substituents is 1. The first-order valence-electron chi connectivity index (χ1n) is 10.7. The molecule has 0 aliphatic carbocycles. The number of ether oxygens (including phenoxy) is 2. The van der Waals surface area contributed by atoms with E-state index < -0.39 is 16.9 Å². The number of aliphatic imine (C=N–C) groups is 1. The molecule has 37 heavy (non-hydrogen) atoms. The van der Waals surface area contributed by atoms with Crippen molar-refractivity contribution in [3.05, 3.63) is 108 Å². The lowest BCUT2D eigenvalue weighted by Gasteiger charge is -2.08. The molecule has 0 radical (unpaired) electrons. The predicted molar refractivity (Wildman–Crippen MR) is 144 cm³/mol. The van der Waals surface area contributed by atoms with Crippen LogP contribution < -0.4 is 4.74 Å². The Balaban J connectivity index is 1.49. The van der Waals surface area contributed by atoms with Gasteiger partial charge in [0.2, 0.25) is 5.90 Å². The topological polar surface area (TPSA) is 108 Å². The van der Waals surface area contributed by atoms with Crippen LogP contribution in [-0.2, 0) is 9.53 Å². The summed E-state index contributed by atoms with van der Waals surface area (Å²) < 4.78 is 12.2. The van der Waals surface area contributed by atoms with Gasteiger partial charge in [0.25, 0.3) is 5.69 Å². The first-order chi connectivity index (χ1) is 17.7. The van der Waals surface area contributed by atoms with Crippen molar-refractivity contribution < 1.29 is 24.0 Å². The molecule has 3 aromatic carbocycles. The van der Waals surface area contributed by atoms with E-state index >= 15 is 0 Å². The van der Waals surface area contributed by atoms with Crippen molar-refractivity contribution in [1.82, 2.24) is 0 Å². The Bertz CT molecular complexity index is 1680. The van der Waals surface area contributed by atoms with Crippen molar-refractivity contribution in [2.45, 2.75) is 6.92 Å². The molecule has 0 saturated heterocycles. The number of cyclic esters (lactones) is 1. The molecule has 4 aromatic rings. The van der Waals surface area contributed by atoms with Gasteiger partial charge in [-0.3, -0.25) is 10.1 Å². The Hall–Kier alpha value is -3.86. The molecular formula is C26H14BrClN2O6S. The average Bonchev–Trinajstić information content (AvgIpc) is 3.39. The number of carbonyl (C=O) groups is 2. The second kappa shape index (κ2) is 9.89. The van der Waals surface area contributed by atoms with Gasteiger partial charge >= 0.3 is 11.9 Å². The van der Waals surface area contributed by atoms with Gasteiger partial charge in [-0.05, 0) is 49.4 Å². The van der Waals surface area contributed by atoms with E-state index in [1.807, 2.05) is 19.1 Å². The van der Waals surface area contributed by atoms with Crippen LogP contribution in [0.3, 0.4) is 0 Å². The summed E-state index contributed by atoms with van der Waals surface area (Å²) in [5.41, 5.74) is 1.71. The quantitative estimate of drug-likeness (QED) is 0.0798. The van der Waals surface area contributed by atoms with Crippen LogP contribution in [-0.4, -0.2) is 22.8 Å². The number of thiophene rings is 1. The van der Waals surface area contributed by atoms with E-state index in [2.05, 4.69) is 20.9 Å². The highest BCUT2D eigenvalue weighted by atomic mass is 79.9. The fourth-order valence-electron chi connectivity index (χ4n) is 3.53. The van der Waals surface area contributed by atoms with Gasteiger partial charge in [-0.1, -0.05) is 45.2 Å². The number of hydrogen-bond donors (Lipinski definition) is 0. The zero-order valence-electron chi connectivity index (χ0n) is 18.9. The Morgan fingerprint density at radius 3 is 2.65 bits per heavy atom. The van der Waals surface area contributed by atoms with Crippen molar-refractivity contribution in [3.63, 3.8) is 0 Å². The maximum atomic E-state index is 12.7. The van der Waals surface area contributed by atoms with Crippen LogP contribution in [0.2, 0.25) is 5.02 Å². The maximum Gasteiger partial charge on any atom is 0.363 e. The van der Waals surface area contributed by atoms with Gasteiger partial charge in [-0.25, -0.2) is 14.6 Å². The number of rotatable bonds is 5. The molecule has 1 aliphatic rings. The number of nitro benzene ring substituents is 1. The van der Waals surface area contributed by atoms with E-state index in [0.717, 1.165) is 16.9 Å². The van der Waals surface area contributed by atoms with Crippen LogP contribution in [0, 0.1) is 17.0 Å². The second-order valence-corrected chi connectivity index (χ2v) is 10.3. The monoisotopic (exact) mass is 596 g/mol. The van der Waals surface area contributed by atoms with Gasteiger partial charge in [0.05, 0.1) is 15.5 Å². The van der Waals surface area contributed by atoms with E-state index in [1.54, 1.807) is 36.4 Å². The third-order valence-corrected chi connectivity index (χ3v) is 7.53. The van der Waals surface area contributed by atoms with Gasteiger partial charge in [0.1, 0.15) is 10.6 Å². The molecule has 0 atom stereocenters. The summed E-state index contributed by atoms with van der Waals surface area (Å²) >= 11 is 11.0. The summed E-state index contributed by atoms with van der Waals surface area (Å²) in [4.78, 5) is 40.6. The average molecular weight is 598 g/mol. The van der Waals surface area contributed by atoms with E-state index in [-0.39, 0.29) is 28.1 Å². The molecule has 0 N–H and O–H groups in total. The molecule has 0 fully saturated rings. The number of fused-ring (bicyclic) bond motifs is 1. The first kappa shape index (κ1) is 24.8. The van der Waals surface area contributed by atoms with Gasteiger partial charge in [0.15, 0.2) is 5.70 Å². The van der Waals surface area contributed by atoms with Crippen molar-refractivity contribution in [2.75, 3.05) is 0 Å². The maximum absolute atomic E-state index is 12.7. The van der Waals surface area contributed by atoms with Gasteiger partial charge in [-0.2, -0.15) is 0 Å². The number of nitro groups is 1. The molecule has 0 bridgehead atoms. The fraction of sp³-hybridized carbons (Fsp3) is 0.0385. The lowest BCUT2D eigenvalue weighted by molar-refractivity contribution is -0.384. The minimum absolute atomic E-state index is 0.0155. The van der Waals surface area contributed by atoms with Gasteiger partial charge in [0, 0.05) is 32.3 Å². The molecule has 0 amide bonds. The van der Waals surface area contributed by atoms with Crippen LogP contribution in [0.1, 0.15) is 26.4 Å². The summed E-state index contributed by atoms with van der Waals surface area (Å²) in [6, 6.07) is 16.2. The minimum Gasteiger partial charge on any atom is -0.422 e. The number of halogens is 2. The molecule has 5 rings (SSSR count). The lowest BCUT2D eigenvalue weighted by Crippen LogP contribution is -2.09. The zero-order valence-corrected chi connectivity index (χ0v) is 22.0. The molecule has 0 saturated carbocycles. The number of aryl methyl sites for hydroxylation is 1. The summed E-state index contributed by atoms with van der Waals surface area (Å²) in [6.45, 7) is 1.92. The molecule has 0 unspecified atom stereocenters. The van der Waals surface area contributed by atoms with E-state index in [9.17, 15) is 19.7 Å². The van der Waals surface area contributed by atoms with Gasteiger partial charge in [-0.15, -0.1) is 11.3 Å². The molecule has 11 heteroatoms. The molecule has 1 aromatic heterocycles. The predicted octanol–water partition coefficient (Wildman–Crippen LogP) is 7.10. The number of esters is 2. The van der Waals surface area contributed by atoms with Crippen molar-refractivity contribution in [2.24, 2.45) is 4.99 Å². The Kier molecular flexibility index (Phi) is 6.63. The SMILES string of the molecule is Cc1ccc(C(=O)Oc2ccc(Br)cc2/C=C2/N=C(c3sc4cc([N+](=O)[O-])ccc4c3Cl)OC2=O)cc1. The Morgan fingerprint density at radius 2 is 1.92 bits per heavy atom. The van der Waals surface area contributed by atoms with Crippen molar-refractivity contribution >= 4 is 78.6 Å². The fourth-order valence-corrected chi connectivity index (χ4v) is 5.38. The number of hydrogen-bond acceptors (Lipinski definition) is 8. The molecule has 2 heterocycles. The molecule has 8 nitrogen and oxygen atoms in total. The van der Waals surface area contributed by atoms with Crippen molar-refractivity contribution in [3.8, 4) is 5.75 Å². The molecule has 1 aliphatic heterocycles. The largest absolute Gasteiger partial charge is 0.422 e.